The van der Waals surface area contributed by atoms with Gasteiger partial charge < -0.3 is 9.47 Å². The Balaban J connectivity index is 1.88. The molecule has 1 aliphatic rings. The van der Waals surface area contributed by atoms with Crippen molar-refractivity contribution in [2.45, 2.75) is 6.61 Å². The molecule has 0 radical (unpaired) electrons. The van der Waals surface area contributed by atoms with Crippen molar-refractivity contribution < 1.29 is 19.1 Å². The predicted octanol–water partition coefficient (Wildman–Crippen LogP) is 3.79. The summed E-state index contributed by atoms with van der Waals surface area (Å²) in [5, 5.41) is 3.23. The molecule has 0 atom stereocenters. The van der Waals surface area contributed by atoms with Gasteiger partial charge in [0.1, 0.15) is 12.2 Å². The van der Waals surface area contributed by atoms with E-state index in [0.29, 0.717) is 28.7 Å². The third-order valence-electron chi connectivity index (χ3n) is 4.16. The third-order valence-corrected chi connectivity index (χ3v) is 5.59. The topological polar surface area (TPSA) is 67.9 Å². The van der Waals surface area contributed by atoms with Crippen molar-refractivity contribution in [1.29, 1.82) is 0 Å². The van der Waals surface area contributed by atoms with Crippen molar-refractivity contribution in [3.05, 3.63) is 61.7 Å². The highest BCUT2D eigenvalue weighted by atomic mass is 127. The number of hydrogen-bond donors (Lipinski definition) is 1. The fourth-order valence-electron chi connectivity index (χ4n) is 2.61. The van der Waals surface area contributed by atoms with Crippen LogP contribution in [0.5, 0.6) is 11.5 Å². The molecule has 6 nitrogen and oxygen atoms in total. The molecule has 1 saturated heterocycles. The Morgan fingerprint density at radius 2 is 1.93 bits per heavy atom. The summed E-state index contributed by atoms with van der Waals surface area (Å²) >= 11 is 13.0. The Kier molecular flexibility index (Phi) is 6.76. The summed E-state index contributed by atoms with van der Waals surface area (Å²) in [4.78, 5) is 25.8. The number of ether oxygens (including phenoxy) is 2. The molecule has 2 aromatic rings. The minimum absolute atomic E-state index is 0.00575. The van der Waals surface area contributed by atoms with Gasteiger partial charge >= 0.3 is 0 Å². The average Bonchev–Trinajstić information content (AvgIpc) is 2.69. The molecule has 0 saturated carbocycles. The zero-order valence-electron chi connectivity index (χ0n) is 15.5. The Hall–Kier alpha value is -2.17. The standard InChI is InChI=1S/C20H16ClIN2O4S/c1-24-19(26)14(18(25)23-20(24)29)7-12-8-15(22)17(16(9-12)27-2)28-10-11-3-5-13(21)6-4-11/h3-9H,10H2,1-2H3,(H,23,25,29)/b14-7-. The minimum atomic E-state index is -0.532. The number of amides is 2. The van der Waals surface area contributed by atoms with E-state index in [0.717, 1.165) is 9.13 Å². The first kappa shape index (κ1) is 21.5. The van der Waals surface area contributed by atoms with E-state index in [1.54, 1.807) is 24.3 Å². The van der Waals surface area contributed by atoms with Gasteiger partial charge in [-0.25, -0.2) is 0 Å². The summed E-state index contributed by atoms with van der Waals surface area (Å²) in [6.07, 6.45) is 1.50. The molecule has 150 valence electrons. The smallest absolute Gasteiger partial charge is 0.265 e. The Morgan fingerprint density at radius 3 is 2.59 bits per heavy atom. The maximum Gasteiger partial charge on any atom is 0.265 e. The second-order valence-electron chi connectivity index (χ2n) is 6.13. The number of likely N-dealkylation sites (N-methyl/N-ethyl adjacent to an activating group) is 1. The average molecular weight is 543 g/mol. The number of methoxy groups -OCH3 is 1. The van der Waals surface area contributed by atoms with Crippen LogP contribution in [0.15, 0.2) is 42.0 Å². The van der Waals surface area contributed by atoms with E-state index in [-0.39, 0.29) is 10.7 Å². The Bertz CT molecular complexity index is 1020. The monoisotopic (exact) mass is 542 g/mol. The molecule has 1 N–H and O–H groups in total. The maximum absolute atomic E-state index is 12.4. The van der Waals surface area contributed by atoms with Gasteiger partial charge in [-0.1, -0.05) is 23.7 Å². The van der Waals surface area contributed by atoms with Crippen LogP contribution in [0.4, 0.5) is 0 Å². The van der Waals surface area contributed by atoms with Gasteiger partial charge in [-0.15, -0.1) is 0 Å². The molecule has 29 heavy (non-hydrogen) atoms. The Morgan fingerprint density at radius 1 is 1.24 bits per heavy atom. The lowest BCUT2D eigenvalue weighted by Crippen LogP contribution is -2.52. The molecule has 0 aliphatic carbocycles. The first-order valence-electron chi connectivity index (χ1n) is 8.40. The summed E-state index contributed by atoms with van der Waals surface area (Å²) in [6.45, 7) is 0.340. The Labute approximate surface area is 191 Å². The van der Waals surface area contributed by atoms with Crippen LogP contribution in [0.1, 0.15) is 11.1 Å². The van der Waals surface area contributed by atoms with Crippen molar-refractivity contribution >= 4 is 69.4 Å². The molecule has 0 aromatic heterocycles. The zero-order valence-corrected chi connectivity index (χ0v) is 19.2. The fourth-order valence-corrected chi connectivity index (χ4v) is 3.69. The van der Waals surface area contributed by atoms with Crippen LogP contribution in [0.2, 0.25) is 5.02 Å². The van der Waals surface area contributed by atoms with E-state index >= 15 is 0 Å². The van der Waals surface area contributed by atoms with Crippen molar-refractivity contribution in [2.75, 3.05) is 14.2 Å². The molecule has 2 aromatic carbocycles. The molecule has 1 fully saturated rings. The second kappa shape index (κ2) is 9.10. The third kappa shape index (κ3) is 4.88. The van der Waals surface area contributed by atoms with E-state index in [4.69, 9.17) is 33.3 Å². The van der Waals surface area contributed by atoms with E-state index in [1.807, 2.05) is 12.1 Å². The van der Waals surface area contributed by atoms with Crippen LogP contribution in [0.3, 0.4) is 0 Å². The van der Waals surface area contributed by atoms with Gasteiger partial charge in [-0.3, -0.25) is 19.8 Å². The van der Waals surface area contributed by atoms with E-state index in [1.165, 1.54) is 25.1 Å². The first-order chi connectivity index (χ1) is 13.8. The number of carbonyl (C=O) groups excluding carboxylic acids is 2. The van der Waals surface area contributed by atoms with Gasteiger partial charge in [0.15, 0.2) is 16.6 Å². The molecule has 9 heteroatoms. The van der Waals surface area contributed by atoms with E-state index in [2.05, 4.69) is 27.9 Å². The van der Waals surface area contributed by atoms with Crippen molar-refractivity contribution in [3.8, 4) is 11.5 Å². The number of nitrogens with zero attached hydrogens (tertiary/aromatic N) is 1. The number of benzene rings is 2. The normalized spacial score (nSPS) is 15.5. The first-order valence-corrected chi connectivity index (χ1v) is 10.3. The molecule has 0 unspecified atom stereocenters. The molecule has 0 bridgehead atoms. The zero-order chi connectivity index (χ0) is 21.1. The number of rotatable bonds is 5. The number of hydrogen-bond acceptors (Lipinski definition) is 5. The molecular formula is C20H16ClIN2O4S. The highest BCUT2D eigenvalue weighted by molar-refractivity contribution is 14.1. The lowest BCUT2D eigenvalue weighted by Gasteiger charge is -2.25. The number of nitrogens with one attached hydrogen (secondary N) is 1. The van der Waals surface area contributed by atoms with E-state index in [9.17, 15) is 9.59 Å². The largest absolute Gasteiger partial charge is 0.493 e. The van der Waals surface area contributed by atoms with Crippen LogP contribution < -0.4 is 14.8 Å². The SMILES string of the molecule is COc1cc(/C=C2/C(=O)NC(=S)N(C)C2=O)cc(I)c1OCc1ccc(Cl)cc1. The highest BCUT2D eigenvalue weighted by Gasteiger charge is 2.30. The van der Waals surface area contributed by atoms with Crippen LogP contribution in [-0.4, -0.2) is 36.0 Å². The second-order valence-corrected chi connectivity index (χ2v) is 8.12. The van der Waals surface area contributed by atoms with Crippen LogP contribution in [-0.2, 0) is 16.2 Å². The van der Waals surface area contributed by atoms with Crippen LogP contribution >= 0.6 is 46.4 Å². The number of thiocarbonyl (C=S) groups is 1. The van der Waals surface area contributed by atoms with E-state index < -0.39 is 11.8 Å². The molecule has 2 amide bonds. The number of halogens is 2. The summed E-state index contributed by atoms with van der Waals surface area (Å²) < 4.78 is 12.2. The number of carbonyl (C=O) groups is 2. The molecule has 1 heterocycles. The van der Waals surface area contributed by atoms with Gasteiger partial charge in [0.2, 0.25) is 0 Å². The fraction of sp³-hybridized carbons (Fsp3) is 0.150. The molecule has 1 aliphatic heterocycles. The molecular weight excluding hydrogens is 527 g/mol. The van der Waals surface area contributed by atoms with Crippen molar-refractivity contribution in [3.63, 3.8) is 0 Å². The molecule has 3 rings (SSSR count). The van der Waals surface area contributed by atoms with Crippen LogP contribution in [0, 0.1) is 3.57 Å². The summed E-state index contributed by atoms with van der Waals surface area (Å²) in [6, 6.07) is 10.9. The van der Waals surface area contributed by atoms with Crippen LogP contribution in [0.25, 0.3) is 6.08 Å². The van der Waals surface area contributed by atoms with Crippen molar-refractivity contribution in [2.24, 2.45) is 0 Å². The van der Waals surface area contributed by atoms with Crippen molar-refractivity contribution in [1.82, 2.24) is 10.2 Å². The quantitative estimate of drug-likeness (QED) is 0.270. The lowest BCUT2D eigenvalue weighted by molar-refractivity contribution is -0.128. The van der Waals surface area contributed by atoms with Gasteiger partial charge in [-0.05, 0) is 76.3 Å². The minimum Gasteiger partial charge on any atom is -0.493 e. The van der Waals surface area contributed by atoms with Gasteiger partial charge in [-0.2, -0.15) is 0 Å². The predicted molar refractivity (Wildman–Crippen MR) is 123 cm³/mol. The summed E-state index contributed by atoms with van der Waals surface area (Å²) in [5.74, 6) is 0.0686. The highest BCUT2D eigenvalue weighted by Crippen LogP contribution is 2.35. The van der Waals surface area contributed by atoms with Gasteiger partial charge in [0.05, 0.1) is 10.7 Å². The summed E-state index contributed by atoms with van der Waals surface area (Å²) in [7, 11) is 3.04. The lowest BCUT2D eigenvalue weighted by atomic mass is 10.1. The molecule has 0 spiro atoms. The maximum atomic E-state index is 12.4. The van der Waals surface area contributed by atoms with Gasteiger partial charge in [0.25, 0.3) is 11.8 Å². The van der Waals surface area contributed by atoms with Gasteiger partial charge in [0, 0.05) is 12.1 Å². The summed E-state index contributed by atoms with van der Waals surface area (Å²) in [5.41, 5.74) is 1.58.